The van der Waals surface area contributed by atoms with Crippen LogP contribution in [0.1, 0.15) is 36.5 Å². The maximum Gasteiger partial charge on any atom is 0.259 e. The first-order chi connectivity index (χ1) is 14.8. The molecule has 0 saturated carbocycles. The Morgan fingerprint density at radius 1 is 1.23 bits per heavy atom. The number of carbonyl (C=O) groups excluding carboxylic acids is 1. The van der Waals surface area contributed by atoms with Crippen LogP contribution >= 0.6 is 11.6 Å². The predicted molar refractivity (Wildman–Crippen MR) is 125 cm³/mol. The highest BCUT2D eigenvalue weighted by Gasteiger charge is 2.26. The highest BCUT2D eigenvalue weighted by molar-refractivity contribution is 6.34. The number of benzene rings is 2. The Hall–Kier alpha value is -2.31. The number of carbonyl (C=O) groups is 1. The number of anilines is 2. The van der Waals surface area contributed by atoms with Crippen molar-refractivity contribution >= 4 is 28.9 Å². The van der Waals surface area contributed by atoms with Gasteiger partial charge < -0.3 is 19.4 Å². The van der Waals surface area contributed by atoms with Gasteiger partial charge in [0.25, 0.3) is 5.91 Å². The number of likely N-dealkylation sites (N-methyl/N-ethyl adjacent to an activating group) is 1. The molecule has 1 heterocycles. The summed E-state index contributed by atoms with van der Waals surface area (Å²) in [5.41, 5.74) is 1.40. The molecule has 2 aromatic rings. The summed E-state index contributed by atoms with van der Waals surface area (Å²) in [6.45, 7) is 4.31. The number of rotatable bonds is 8. The van der Waals surface area contributed by atoms with Gasteiger partial charge >= 0.3 is 0 Å². The van der Waals surface area contributed by atoms with Crippen LogP contribution in [0, 0.1) is 5.82 Å². The fraction of sp³-hybridized carbons (Fsp3) is 0.458. The predicted octanol–water partition coefficient (Wildman–Crippen LogP) is 5.07. The third-order valence-corrected chi connectivity index (χ3v) is 6.11. The lowest BCUT2D eigenvalue weighted by molar-refractivity contribution is 0.0993. The van der Waals surface area contributed by atoms with E-state index in [0.717, 1.165) is 32.4 Å². The summed E-state index contributed by atoms with van der Waals surface area (Å²) in [5.74, 6) is 0.00289. The van der Waals surface area contributed by atoms with Gasteiger partial charge in [0.05, 0.1) is 22.9 Å². The summed E-state index contributed by atoms with van der Waals surface area (Å²) < 4.78 is 20.5. The van der Waals surface area contributed by atoms with Crippen molar-refractivity contribution in [1.82, 2.24) is 4.90 Å². The van der Waals surface area contributed by atoms with Crippen LogP contribution in [0.4, 0.5) is 15.8 Å². The van der Waals surface area contributed by atoms with Gasteiger partial charge in [-0.1, -0.05) is 24.9 Å². The fourth-order valence-corrected chi connectivity index (χ4v) is 3.99. The van der Waals surface area contributed by atoms with Crippen molar-refractivity contribution < 1.29 is 13.9 Å². The Morgan fingerprint density at radius 2 is 2.00 bits per heavy atom. The third kappa shape index (κ3) is 5.49. The van der Waals surface area contributed by atoms with Gasteiger partial charge in [0, 0.05) is 31.9 Å². The van der Waals surface area contributed by atoms with Crippen LogP contribution in [-0.2, 0) is 0 Å². The zero-order chi connectivity index (χ0) is 22.5. The minimum absolute atomic E-state index is 0.300. The van der Waals surface area contributed by atoms with Crippen molar-refractivity contribution in [2.24, 2.45) is 0 Å². The lowest BCUT2D eigenvalue weighted by Crippen LogP contribution is -2.31. The van der Waals surface area contributed by atoms with E-state index in [1.165, 1.54) is 11.0 Å². The second-order valence-corrected chi connectivity index (χ2v) is 8.60. The van der Waals surface area contributed by atoms with Crippen molar-refractivity contribution in [3.63, 3.8) is 0 Å². The van der Waals surface area contributed by atoms with E-state index in [2.05, 4.69) is 16.7 Å². The van der Waals surface area contributed by atoms with Crippen molar-refractivity contribution in [2.75, 3.05) is 50.6 Å². The van der Waals surface area contributed by atoms with Gasteiger partial charge in [-0.3, -0.25) is 4.79 Å². The first kappa shape index (κ1) is 23.4. The highest BCUT2D eigenvalue weighted by Crippen LogP contribution is 2.30. The van der Waals surface area contributed by atoms with Gasteiger partial charge in [0.15, 0.2) is 0 Å². The molecule has 7 heteroatoms. The van der Waals surface area contributed by atoms with Crippen LogP contribution in [0.2, 0.25) is 5.02 Å². The second kappa shape index (κ2) is 10.3. The number of halogens is 2. The van der Waals surface area contributed by atoms with E-state index < -0.39 is 0 Å². The van der Waals surface area contributed by atoms with Gasteiger partial charge in [-0.05, 0) is 63.3 Å². The van der Waals surface area contributed by atoms with E-state index in [1.807, 2.05) is 14.1 Å². The molecule has 0 bridgehead atoms. The molecule has 0 aliphatic carbocycles. The third-order valence-electron chi connectivity index (χ3n) is 5.80. The molecule has 168 valence electrons. The van der Waals surface area contributed by atoms with Crippen molar-refractivity contribution in [1.29, 1.82) is 0 Å². The monoisotopic (exact) mass is 447 g/mol. The minimum Gasteiger partial charge on any atom is -0.494 e. The molecule has 31 heavy (non-hydrogen) atoms. The summed E-state index contributed by atoms with van der Waals surface area (Å²) in [7, 11) is 5.71. The van der Waals surface area contributed by atoms with Gasteiger partial charge in [-0.15, -0.1) is 0 Å². The van der Waals surface area contributed by atoms with Gasteiger partial charge in [-0.2, -0.15) is 0 Å². The molecule has 1 atom stereocenters. The number of hydrogen-bond acceptors (Lipinski definition) is 4. The standard InChI is InChI=1S/C24H31ClFN3O2/c1-5-6-13-31-19-8-9-20(21(25)15-19)24(30)28(4)17-7-10-23(22(26)14-17)29-12-11-18(16-29)27(2)3/h7-10,14-15,18H,5-6,11-13,16H2,1-4H3. The Bertz CT molecular complexity index is 922. The molecule has 1 saturated heterocycles. The summed E-state index contributed by atoms with van der Waals surface area (Å²) >= 11 is 6.34. The normalized spacial score (nSPS) is 16.1. The molecule has 0 aromatic heterocycles. The number of nitrogens with zero attached hydrogens (tertiary/aromatic N) is 3. The summed E-state index contributed by atoms with van der Waals surface area (Å²) in [4.78, 5) is 18.6. The molecule has 1 amide bonds. The lowest BCUT2D eigenvalue weighted by Gasteiger charge is -2.24. The molecule has 0 spiro atoms. The molecule has 1 aliphatic heterocycles. The second-order valence-electron chi connectivity index (χ2n) is 8.20. The number of ether oxygens (including phenoxy) is 1. The zero-order valence-corrected chi connectivity index (χ0v) is 19.5. The topological polar surface area (TPSA) is 36.0 Å². The number of unbranched alkanes of at least 4 members (excludes halogenated alkanes) is 1. The number of hydrogen-bond donors (Lipinski definition) is 0. The average molecular weight is 448 g/mol. The van der Waals surface area contributed by atoms with E-state index in [4.69, 9.17) is 16.3 Å². The van der Waals surface area contributed by atoms with Crippen molar-refractivity contribution in [3.05, 3.63) is 52.8 Å². The molecule has 1 unspecified atom stereocenters. The summed E-state index contributed by atoms with van der Waals surface area (Å²) in [5, 5.41) is 0.315. The quantitative estimate of drug-likeness (QED) is 0.529. The van der Waals surface area contributed by atoms with Crippen LogP contribution in [0.3, 0.4) is 0 Å². The lowest BCUT2D eigenvalue weighted by atomic mass is 10.1. The van der Waals surface area contributed by atoms with Crippen molar-refractivity contribution in [2.45, 2.75) is 32.2 Å². The molecule has 5 nitrogen and oxygen atoms in total. The van der Waals surface area contributed by atoms with E-state index in [9.17, 15) is 9.18 Å². The first-order valence-electron chi connectivity index (χ1n) is 10.7. The van der Waals surface area contributed by atoms with Crippen LogP contribution in [0.25, 0.3) is 0 Å². The molecule has 0 N–H and O–H groups in total. The molecule has 3 rings (SSSR count). The summed E-state index contributed by atoms with van der Waals surface area (Å²) in [6.07, 6.45) is 3.00. The molecular weight excluding hydrogens is 417 g/mol. The van der Waals surface area contributed by atoms with Crippen LogP contribution < -0.4 is 14.5 Å². The smallest absolute Gasteiger partial charge is 0.259 e. The Balaban J connectivity index is 1.72. The maximum absolute atomic E-state index is 14.9. The van der Waals surface area contributed by atoms with E-state index in [0.29, 0.717) is 40.4 Å². The Kier molecular flexibility index (Phi) is 7.79. The summed E-state index contributed by atoms with van der Waals surface area (Å²) in [6, 6.07) is 10.4. The van der Waals surface area contributed by atoms with E-state index >= 15 is 0 Å². The molecule has 1 aliphatic rings. The van der Waals surface area contributed by atoms with Crippen LogP contribution in [-0.4, -0.2) is 57.7 Å². The van der Waals surface area contributed by atoms with Gasteiger partial charge in [-0.25, -0.2) is 4.39 Å². The molecule has 1 fully saturated rings. The highest BCUT2D eigenvalue weighted by atomic mass is 35.5. The molecular formula is C24H31ClFN3O2. The fourth-order valence-electron chi connectivity index (χ4n) is 3.73. The van der Waals surface area contributed by atoms with Gasteiger partial charge in [0.1, 0.15) is 11.6 Å². The number of amides is 1. The Morgan fingerprint density at radius 3 is 2.61 bits per heavy atom. The van der Waals surface area contributed by atoms with Gasteiger partial charge in [0.2, 0.25) is 0 Å². The van der Waals surface area contributed by atoms with Crippen LogP contribution in [0.15, 0.2) is 36.4 Å². The SMILES string of the molecule is CCCCOc1ccc(C(=O)N(C)c2ccc(N3CCC(N(C)C)C3)c(F)c2)c(Cl)c1. The molecule has 0 radical (unpaired) electrons. The first-order valence-corrected chi connectivity index (χ1v) is 11.1. The van der Waals surface area contributed by atoms with Crippen molar-refractivity contribution in [3.8, 4) is 5.75 Å². The average Bonchev–Trinajstić information content (AvgIpc) is 3.23. The van der Waals surface area contributed by atoms with Crippen LogP contribution in [0.5, 0.6) is 5.75 Å². The maximum atomic E-state index is 14.9. The largest absolute Gasteiger partial charge is 0.494 e. The zero-order valence-electron chi connectivity index (χ0n) is 18.7. The van der Waals surface area contributed by atoms with E-state index in [-0.39, 0.29) is 11.7 Å². The minimum atomic E-state index is -0.331. The molecule has 2 aromatic carbocycles. The Labute approximate surface area is 189 Å². The van der Waals surface area contributed by atoms with E-state index in [1.54, 1.807) is 37.4 Å².